The summed E-state index contributed by atoms with van der Waals surface area (Å²) in [5.41, 5.74) is 9.44. The lowest BCUT2D eigenvalue weighted by atomic mass is 9.82. The lowest BCUT2D eigenvalue weighted by Gasteiger charge is -2.31. The van der Waals surface area contributed by atoms with Crippen molar-refractivity contribution >= 4 is 11.7 Å². The fourth-order valence-corrected chi connectivity index (χ4v) is 5.07. The molecule has 0 fully saturated rings. The first-order chi connectivity index (χ1) is 18.6. The number of rotatable bonds is 12. The minimum Gasteiger partial charge on any atom is -0.462 e. The van der Waals surface area contributed by atoms with Crippen molar-refractivity contribution in [1.29, 1.82) is 0 Å². The number of benzene rings is 3. The van der Waals surface area contributed by atoms with Crippen molar-refractivity contribution in [2.24, 2.45) is 0 Å². The maximum Gasteiger partial charge on any atom is 0.338 e. The first kappa shape index (κ1) is 30.4. The summed E-state index contributed by atoms with van der Waals surface area (Å²) in [6, 6.07) is 22.1. The minimum atomic E-state index is -0.280. The molecule has 39 heavy (non-hydrogen) atoms. The van der Waals surface area contributed by atoms with Gasteiger partial charge in [0.25, 0.3) is 0 Å². The second-order valence-corrected chi connectivity index (χ2v) is 11.5. The first-order valence-electron chi connectivity index (χ1n) is 14.6. The zero-order valence-corrected chi connectivity index (χ0v) is 25.4. The van der Waals surface area contributed by atoms with E-state index in [0.29, 0.717) is 18.2 Å². The van der Waals surface area contributed by atoms with Gasteiger partial charge in [0.05, 0.1) is 12.2 Å². The molecular formula is C35H48N2O2. The van der Waals surface area contributed by atoms with Crippen LogP contribution in [0, 0.1) is 0 Å². The third-order valence-corrected chi connectivity index (χ3v) is 7.23. The Kier molecular flexibility index (Phi) is 10.8. The average molecular weight is 529 g/mol. The van der Waals surface area contributed by atoms with E-state index in [1.165, 1.54) is 27.9 Å². The molecule has 1 N–H and O–H groups in total. The number of nitrogens with one attached hydrogen (secondary N) is 1. The van der Waals surface area contributed by atoms with Crippen LogP contribution < -0.4 is 10.2 Å². The van der Waals surface area contributed by atoms with E-state index in [2.05, 4.69) is 95.1 Å². The van der Waals surface area contributed by atoms with E-state index in [1.54, 1.807) is 0 Å². The van der Waals surface area contributed by atoms with E-state index in [9.17, 15) is 4.79 Å². The average Bonchev–Trinajstić information content (AvgIpc) is 2.91. The fraction of sp³-hybridized carbons (Fsp3) is 0.457. The molecule has 0 saturated heterocycles. The number of carbonyl (C=O) groups excluding carboxylic acids is 1. The van der Waals surface area contributed by atoms with Crippen molar-refractivity contribution in [3.8, 4) is 22.3 Å². The monoisotopic (exact) mass is 528 g/mol. The smallest absolute Gasteiger partial charge is 0.338 e. The molecule has 0 aliphatic heterocycles. The summed E-state index contributed by atoms with van der Waals surface area (Å²) in [7, 11) is 0. The molecule has 0 aromatic heterocycles. The number of hydrogen-bond donors (Lipinski definition) is 1. The Hall–Kier alpha value is -3.11. The standard InChI is InChI=1S/C35H48N2O2/c1-9-37(10-2)33-21-20-30(24-32(33)35(6,7)8)31-23-29(19-16-27(31)13-12-22-36-25(4)5)26-14-17-28(18-15-26)34(38)39-11-3/h14-21,23-25,36H,9-13,22H2,1-8H3. The van der Waals surface area contributed by atoms with Gasteiger partial charge in [0, 0.05) is 24.8 Å². The van der Waals surface area contributed by atoms with Crippen LogP contribution in [0.15, 0.2) is 60.7 Å². The quantitative estimate of drug-likeness (QED) is 0.190. The van der Waals surface area contributed by atoms with Gasteiger partial charge in [-0.25, -0.2) is 4.79 Å². The van der Waals surface area contributed by atoms with E-state index in [1.807, 2.05) is 31.2 Å². The highest BCUT2D eigenvalue weighted by Gasteiger charge is 2.22. The van der Waals surface area contributed by atoms with Crippen LogP contribution in [0.1, 0.15) is 83.3 Å². The third-order valence-electron chi connectivity index (χ3n) is 7.23. The predicted molar refractivity (Wildman–Crippen MR) is 167 cm³/mol. The predicted octanol–water partition coefficient (Wildman–Crippen LogP) is 8.27. The Labute approximate surface area is 236 Å². The number of nitrogens with zero attached hydrogens (tertiary/aromatic N) is 1. The lowest BCUT2D eigenvalue weighted by molar-refractivity contribution is 0.0526. The van der Waals surface area contributed by atoms with Gasteiger partial charge in [-0.2, -0.15) is 0 Å². The summed E-state index contributed by atoms with van der Waals surface area (Å²) in [6.45, 7) is 20.9. The second-order valence-electron chi connectivity index (χ2n) is 11.5. The van der Waals surface area contributed by atoms with Gasteiger partial charge in [-0.1, -0.05) is 65.0 Å². The number of anilines is 1. The Morgan fingerprint density at radius 1 is 0.872 bits per heavy atom. The second kappa shape index (κ2) is 13.8. The number of ether oxygens (including phenoxy) is 1. The van der Waals surface area contributed by atoms with Crippen LogP contribution in [0.3, 0.4) is 0 Å². The maximum atomic E-state index is 12.1. The maximum absolute atomic E-state index is 12.1. The van der Waals surface area contributed by atoms with Crippen molar-refractivity contribution in [2.75, 3.05) is 31.1 Å². The summed E-state index contributed by atoms with van der Waals surface area (Å²) >= 11 is 0. The fourth-order valence-electron chi connectivity index (χ4n) is 5.07. The molecule has 0 unspecified atom stereocenters. The Morgan fingerprint density at radius 3 is 2.10 bits per heavy atom. The van der Waals surface area contributed by atoms with Crippen molar-refractivity contribution < 1.29 is 9.53 Å². The highest BCUT2D eigenvalue weighted by Crippen LogP contribution is 2.38. The van der Waals surface area contributed by atoms with Crippen LogP contribution >= 0.6 is 0 Å². The van der Waals surface area contributed by atoms with Crippen molar-refractivity contribution in [3.05, 3.63) is 77.4 Å². The normalized spacial score (nSPS) is 11.6. The summed E-state index contributed by atoms with van der Waals surface area (Å²) in [5.74, 6) is -0.280. The van der Waals surface area contributed by atoms with Gasteiger partial charge < -0.3 is 15.0 Å². The van der Waals surface area contributed by atoms with E-state index in [-0.39, 0.29) is 11.4 Å². The van der Waals surface area contributed by atoms with Gasteiger partial charge in [0.2, 0.25) is 0 Å². The van der Waals surface area contributed by atoms with E-state index in [0.717, 1.165) is 43.6 Å². The number of carbonyl (C=O) groups is 1. The summed E-state index contributed by atoms with van der Waals surface area (Å²) in [4.78, 5) is 14.6. The molecule has 0 amide bonds. The molecule has 3 rings (SSSR count). The molecule has 0 aliphatic carbocycles. The molecule has 4 heteroatoms. The van der Waals surface area contributed by atoms with Crippen molar-refractivity contribution in [1.82, 2.24) is 5.32 Å². The third kappa shape index (κ3) is 7.95. The van der Waals surface area contributed by atoms with Crippen LogP contribution in [0.2, 0.25) is 0 Å². The molecule has 210 valence electrons. The van der Waals surface area contributed by atoms with E-state index < -0.39 is 0 Å². The van der Waals surface area contributed by atoms with Crippen LogP contribution in [0.5, 0.6) is 0 Å². The lowest BCUT2D eigenvalue weighted by Crippen LogP contribution is -2.26. The van der Waals surface area contributed by atoms with Crippen LogP contribution in [-0.2, 0) is 16.6 Å². The zero-order chi connectivity index (χ0) is 28.6. The molecule has 0 atom stereocenters. The molecule has 3 aromatic carbocycles. The van der Waals surface area contributed by atoms with Gasteiger partial charge in [-0.15, -0.1) is 0 Å². The Morgan fingerprint density at radius 2 is 1.51 bits per heavy atom. The molecule has 4 nitrogen and oxygen atoms in total. The molecule has 0 spiro atoms. The van der Waals surface area contributed by atoms with Gasteiger partial charge in [-0.3, -0.25) is 0 Å². The highest BCUT2D eigenvalue weighted by atomic mass is 16.5. The zero-order valence-electron chi connectivity index (χ0n) is 25.4. The first-order valence-corrected chi connectivity index (χ1v) is 14.6. The number of esters is 1. The number of hydrogen-bond acceptors (Lipinski definition) is 4. The summed E-state index contributed by atoms with van der Waals surface area (Å²) in [5, 5.41) is 3.55. The van der Waals surface area contributed by atoms with E-state index in [4.69, 9.17) is 4.74 Å². The molecule has 0 aliphatic rings. The highest BCUT2D eigenvalue weighted by molar-refractivity contribution is 5.90. The van der Waals surface area contributed by atoms with Crippen molar-refractivity contribution in [3.63, 3.8) is 0 Å². The van der Waals surface area contributed by atoms with Gasteiger partial charge in [-0.05, 0) is 109 Å². The largest absolute Gasteiger partial charge is 0.462 e. The summed E-state index contributed by atoms with van der Waals surface area (Å²) < 4.78 is 5.16. The molecule has 0 saturated carbocycles. The van der Waals surface area contributed by atoms with Crippen molar-refractivity contribution in [2.45, 2.75) is 79.7 Å². The Bertz CT molecular complexity index is 1220. The van der Waals surface area contributed by atoms with Crippen LogP contribution in [0.25, 0.3) is 22.3 Å². The Balaban J connectivity index is 2.08. The molecular weight excluding hydrogens is 480 g/mol. The van der Waals surface area contributed by atoms with Gasteiger partial charge in [0.1, 0.15) is 0 Å². The molecule has 0 heterocycles. The van der Waals surface area contributed by atoms with E-state index >= 15 is 0 Å². The molecule has 3 aromatic rings. The molecule has 0 radical (unpaired) electrons. The minimum absolute atomic E-state index is 0.0236. The van der Waals surface area contributed by atoms with Gasteiger partial charge in [0.15, 0.2) is 0 Å². The van der Waals surface area contributed by atoms with Gasteiger partial charge >= 0.3 is 5.97 Å². The summed E-state index contributed by atoms with van der Waals surface area (Å²) in [6.07, 6.45) is 2.10. The molecule has 0 bridgehead atoms. The van der Waals surface area contributed by atoms with Crippen LogP contribution in [0.4, 0.5) is 5.69 Å². The number of aryl methyl sites for hydroxylation is 1. The van der Waals surface area contributed by atoms with Crippen LogP contribution in [-0.4, -0.2) is 38.3 Å². The SMILES string of the molecule is CCOC(=O)c1ccc(-c2ccc(CCCNC(C)C)c(-c3ccc(N(CC)CC)c(C(C)(C)C)c3)c2)cc1. The topological polar surface area (TPSA) is 41.6 Å².